The van der Waals surface area contributed by atoms with E-state index in [-0.39, 0.29) is 0 Å². The lowest BCUT2D eigenvalue weighted by Crippen LogP contribution is -2.12. The largest absolute Gasteiger partial charge is 0.495 e. The minimum absolute atomic E-state index is 0.377. The van der Waals surface area contributed by atoms with E-state index in [4.69, 9.17) is 14.3 Å². The first-order chi connectivity index (χ1) is 9.03. The average Bonchev–Trinajstić information content (AvgIpc) is 2.82. The predicted octanol–water partition coefficient (Wildman–Crippen LogP) is 2.76. The molecule has 0 radical (unpaired) electrons. The number of halogens is 1. The van der Waals surface area contributed by atoms with Crippen molar-refractivity contribution < 1.29 is 13.7 Å². The van der Waals surface area contributed by atoms with E-state index < -0.39 is 9.73 Å². The van der Waals surface area contributed by atoms with Crippen LogP contribution >= 0.6 is 15.9 Å². The highest BCUT2D eigenvalue weighted by molar-refractivity contribution is 9.10. The third kappa shape index (κ3) is 2.41. The fourth-order valence-electron chi connectivity index (χ4n) is 2.88. The Morgan fingerprint density at radius 1 is 1.47 bits per heavy atom. The lowest BCUT2D eigenvalue weighted by atomic mass is 10.3. The lowest BCUT2D eigenvalue weighted by molar-refractivity contribution is 0.154. The van der Waals surface area contributed by atoms with Gasteiger partial charge in [-0.05, 0) is 36.0 Å². The number of hydrogen-bond donors (Lipinski definition) is 1. The number of hydrogen-bond acceptors (Lipinski definition) is 4. The SMILES string of the molecule is COc1ccc(Br)cc1S(=N)(=O)CC1[C@H]2COC[C@@H]12. The maximum atomic E-state index is 12.7. The summed E-state index contributed by atoms with van der Waals surface area (Å²) in [5.74, 6) is 2.36. The number of benzene rings is 1. The summed E-state index contributed by atoms with van der Waals surface area (Å²) in [5, 5.41) is 0. The molecule has 1 heterocycles. The topological polar surface area (TPSA) is 59.4 Å². The number of fused-ring (bicyclic) bond motifs is 1. The van der Waals surface area contributed by atoms with Crippen LogP contribution in [0.25, 0.3) is 0 Å². The predicted molar refractivity (Wildman–Crippen MR) is 76.0 cm³/mol. The summed E-state index contributed by atoms with van der Waals surface area (Å²) in [6.45, 7) is 1.53. The van der Waals surface area contributed by atoms with Gasteiger partial charge in [-0.1, -0.05) is 15.9 Å². The van der Waals surface area contributed by atoms with E-state index in [0.717, 1.165) is 17.7 Å². The fraction of sp³-hybridized carbons (Fsp3) is 0.538. The van der Waals surface area contributed by atoms with Crippen LogP contribution in [0.2, 0.25) is 0 Å². The Morgan fingerprint density at radius 3 is 2.79 bits per heavy atom. The summed E-state index contributed by atoms with van der Waals surface area (Å²) < 4.78 is 32.4. The molecule has 0 aromatic heterocycles. The van der Waals surface area contributed by atoms with E-state index in [1.165, 1.54) is 0 Å². The van der Waals surface area contributed by atoms with Crippen molar-refractivity contribution in [3.8, 4) is 5.75 Å². The van der Waals surface area contributed by atoms with Gasteiger partial charge >= 0.3 is 0 Å². The molecule has 3 rings (SSSR count). The van der Waals surface area contributed by atoms with Crippen LogP contribution in [0.1, 0.15) is 0 Å². The molecule has 1 aliphatic carbocycles. The summed E-state index contributed by atoms with van der Waals surface area (Å²) in [6, 6.07) is 5.32. The van der Waals surface area contributed by atoms with Crippen LogP contribution in [0, 0.1) is 22.5 Å². The fourth-order valence-corrected chi connectivity index (χ4v) is 5.40. The molecule has 4 nitrogen and oxygen atoms in total. The Kier molecular flexibility index (Phi) is 3.35. The zero-order chi connectivity index (χ0) is 13.6. The van der Waals surface area contributed by atoms with Crippen LogP contribution in [0.3, 0.4) is 0 Å². The highest BCUT2D eigenvalue weighted by atomic mass is 79.9. The van der Waals surface area contributed by atoms with Crippen molar-refractivity contribution in [1.82, 2.24) is 0 Å². The van der Waals surface area contributed by atoms with Gasteiger partial charge in [0.15, 0.2) is 0 Å². The molecule has 1 saturated heterocycles. The molecule has 1 aromatic carbocycles. The Hall–Kier alpha value is -0.590. The van der Waals surface area contributed by atoms with Crippen LogP contribution in [-0.4, -0.2) is 30.3 Å². The van der Waals surface area contributed by atoms with Crippen LogP contribution < -0.4 is 4.74 Å². The van der Waals surface area contributed by atoms with Gasteiger partial charge in [0.25, 0.3) is 0 Å². The molecular formula is C13H16BrNO3S. The van der Waals surface area contributed by atoms with Crippen molar-refractivity contribution in [1.29, 1.82) is 4.78 Å². The quantitative estimate of drug-likeness (QED) is 0.912. The zero-order valence-electron chi connectivity index (χ0n) is 10.6. The molecule has 104 valence electrons. The van der Waals surface area contributed by atoms with Gasteiger partial charge in [0.05, 0.1) is 34.9 Å². The van der Waals surface area contributed by atoms with Crippen molar-refractivity contribution in [2.24, 2.45) is 17.8 Å². The minimum Gasteiger partial charge on any atom is -0.495 e. The zero-order valence-corrected chi connectivity index (χ0v) is 13.0. The van der Waals surface area contributed by atoms with E-state index in [9.17, 15) is 4.21 Å². The summed E-state index contributed by atoms with van der Waals surface area (Å²) in [5.41, 5.74) is 0. The van der Waals surface area contributed by atoms with Crippen molar-refractivity contribution in [3.63, 3.8) is 0 Å². The highest BCUT2D eigenvalue weighted by Crippen LogP contribution is 2.52. The smallest absolute Gasteiger partial charge is 0.135 e. The maximum absolute atomic E-state index is 12.7. The van der Waals surface area contributed by atoms with Gasteiger partial charge in [0.1, 0.15) is 5.75 Å². The van der Waals surface area contributed by atoms with Gasteiger partial charge in [0.2, 0.25) is 0 Å². The molecule has 2 aliphatic rings. The van der Waals surface area contributed by atoms with Crippen molar-refractivity contribution in [2.45, 2.75) is 4.90 Å². The maximum Gasteiger partial charge on any atom is 0.135 e. The second-order valence-electron chi connectivity index (χ2n) is 5.17. The van der Waals surface area contributed by atoms with E-state index in [1.54, 1.807) is 19.2 Å². The standard InChI is InChI=1S/C13H16BrNO3S/c1-17-12-3-2-8(14)4-13(12)19(15,16)7-11-9-5-18-6-10(9)11/h2-4,9-11,15H,5-7H2,1H3/t9-,10+,11?,19?. The molecular weight excluding hydrogens is 330 g/mol. The normalized spacial score (nSPS) is 31.6. The lowest BCUT2D eigenvalue weighted by Gasteiger charge is -2.13. The molecule has 0 spiro atoms. The van der Waals surface area contributed by atoms with Crippen molar-refractivity contribution in [2.75, 3.05) is 26.1 Å². The second kappa shape index (κ2) is 4.75. The molecule has 19 heavy (non-hydrogen) atoms. The molecule has 2 fully saturated rings. The molecule has 4 atom stereocenters. The number of methoxy groups -OCH3 is 1. The molecule has 1 saturated carbocycles. The first-order valence-electron chi connectivity index (χ1n) is 6.21. The average molecular weight is 346 g/mol. The minimum atomic E-state index is -2.81. The summed E-state index contributed by atoms with van der Waals surface area (Å²) in [4.78, 5) is 0.496. The third-order valence-electron chi connectivity index (χ3n) is 4.04. The Labute approximate surface area is 121 Å². The number of rotatable bonds is 4. The van der Waals surface area contributed by atoms with E-state index >= 15 is 0 Å². The van der Waals surface area contributed by atoms with Gasteiger partial charge in [-0.2, -0.15) is 0 Å². The van der Waals surface area contributed by atoms with Crippen molar-refractivity contribution >= 4 is 25.7 Å². The summed E-state index contributed by atoms with van der Waals surface area (Å²) in [7, 11) is -1.27. The Bertz CT molecular complexity index is 592. The van der Waals surface area contributed by atoms with Gasteiger partial charge in [0, 0.05) is 10.2 Å². The van der Waals surface area contributed by atoms with Crippen LogP contribution in [0.4, 0.5) is 0 Å². The first-order valence-corrected chi connectivity index (χ1v) is 8.73. The second-order valence-corrected chi connectivity index (χ2v) is 8.21. The van der Waals surface area contributed by atoms with Crippen LogP contribution in [0.15, 0.2) is 27.6 Å². The summed E-state index contributed by atoms with van der Waals surface area (Å²) in [6.07, 6.45) is 0. The molecule has 1 aliphatic heterocycles. The Morgan fingerprint density at radius 2 is 2.16 bits per heavy atom. The first kappa shape index (κ1) is 13.4. The number of nitrogens with one attached hydrogen (secondary N) is 1. The van der Waals surface area contributed by atoms with Gasteiger partial charge < -0.3 is 9.47 Å². The molecule has 0 amide bonds. The third-order valence-corrected chi connectivity index (χ3v) is 6.41. The molecule has 6 heteroatoms. The Balaban J connectivity index is 1.86. The van der Waals surface area contributed by atoms with E-state index in [0.29, 0.717) is 34.2 Å². The van der Waals surface area contributed by atoms with Crippen LogP contribution in [0.5, 0.6) is 5.75 Å². The van der Waals surface area contributed by atoms with Crippen LogP contribution in [-0.2, 0) is 14.5 Å². The molecule has 2 unspecified atom stereocenters. The van der Waals surface area contributed by atoms with Crippen molar-refractivity contribution in [3.05, 3.63) is 22.7 Å². The van der Waals surface area contributed by atoms with Gasteiger partial charge in [-0.3, -0.25) is 0 Å². The molecule has 0 bridgehead atoms. The highest BCUT2D eigenvalue weighted by Gasteiger charge is 2.54. The van der Waals surface area contributed by atoms with Gasteiger partial charge in [-0.25, -0.2) is 8.99 Å². The number of ether oxygens (including phenoxy) is 2. The van der Waals surface area contributed by atoms with E-state index in [2.05, 4.69) is 15.9 Å². The van der Waals surface area contributed by atoms with Gasteiger partial charge in [-0.15, -0.1) is 0 Å². The summed E-state index contributed by atoms with van der Waals surface area (Å²) >= 11 is 3.36. The van der Waals surface area contributed by atoms with E-state index in [1.807, 2.05) is 6.07 Å². The molecule has 1 aromatic rings. The monoisotopic (exact) mass is 345 g/mol. The molecule has 1 N–H and O–H groups in total.